The molecule has 1 N–H and O–H groups in total. The largest absolute Gasteiger partial charge is 0.489 e. The third-order valence-corrected chi connectivity index (χ3v) is 6.83. The average Bonchev–Trinajstić information content (AvgIpc) is 2.92. The van der Waals surface area contributed by atoms with E-state index in [1.807, 2.05) is 90.1 Å². The van der Waals surface area contributed by atoms with Crippen molar-refractivity contribution in [3.8, 4) is 11.1 Å². The molecule has 0 amide bonds. The molecule has 0 unspecified atom stereocenters. The summed E-state index contributed by atoms with van der Waals surface area (Å²) in [5, 5.41) is 4.15. The molecule has 3 nitrogen and oxygen atoms in total. The van der Waals surface area contributed by atoms with E-state index in [9.17, 15) is 4.79 Å². The molecule has 0 aliphatic heterocycles. The van der Waals surface area contributed by atoms with Gasteiger partial charge in [-0.25, -0.2) is 0 Å². The molecule has 0 heterocycles. The van der Waals surface area contributed by atoms with Gasteiger partial charge in [-0.15, -0.1) is 0 Å². The van der Waals surface area contributed by atoms with Crippen LogP contribution in [0.15, 0.2) is 80.4 Å². The highest BCUT2D eigenvalue weighted by Gasteiger charge is 2.17. The van der Waals surface area contributed by atoms with Crippen LogP contribution in [0.5, 0.6) is 0 Å². The van der Waals surface area contributed by atoms with Crippen LogP contribution in [0.25, 0.3) is 28.2 Å². The van der Waals surface area contributed by atoms with Gasteiger partial charge in [0.15, 0.2) is 5.78 Å². The Kier molecular flexibility index (Phi) is 11.8. The van der Waals surface area contributed by atoms with Gasteiger partial charge in [0.2, 0.25) is 0 Å². The van der Waals surface area contributed by atoms with E-state index in [4.69, 9.17) is 16.3 Å². The minimum Gasteiger partial charge on any atom is -0.489 e. The van der Waals surface area contributed by atoms with E-state index in [0.29, 0.717) is 28.6 Å². The molecule has 3 aromatic rings. The third kappa shape index (κ3) is 7.86. The molecule has 0 atom stereocenters. The molecule has 0 fully saturated rings. The van der Waals surface area contributed by atoms with Gasteiger partial charge in [0.1, 0.15) is 12.4 Å². The summed E-state index contributed by atoms with van der Waals surface area (Å²) in [5.74, 6) is 0.518. The first-order valence-electron chi connectivity index (χ1n) is 13.6. The lowest BCUT2D eigenvalue weighted by Crippen LogP contribution is -2.07. The maximum atomic E-state index is 12.3. The number of anilines is 1. The third-order valence-electron chi connectivity index (χ3n) is 6.52. The lowest BCUT2D eigenvalue weighted by Gasteiger charge is -2.21. The summed E-state index contributed by atoms with van der Waals surface area (Å²) in [6, 6.07) is 15.9. The van der Waals surface area contributed by atoms with Crippen molar-refractivity contribution in [2.75, 3.05) is 11.9 Å². The number of carbonyl (C=O) groups is 1. The number of hydrogen-bond acceptors (Lipinski definition) is 3. The second-order valence-corrected chi connectivity index (χ2v) is 10.1. The molecule has 0 aliphatic carbocycles. The highest BCUT2D eigenvalue weighted by molar-refractivity contribution is 6.33. The first kappa shape index (κ1) is 32.4. The number of halogens is 1. The number of hydrogen-bond donors (Lipinski definition) is 1. The number of Topliss-reactive ketones (excluding diaryl/α,β-unsaturated/α-hetero) is 1. The summed E-state index contributed by atoms with van der Waals surface area (Å²) in [6.45, 7) is 30.6. The predicted molar refractivity (Wildman–Crippen MR) is 176 cm³/mol. The van der Waals surface area contributed by atoms with Crippen molar-refractivity contribution < 1.29 is 9.53 Å². The average molecular weight is 556 g/mol. The quantitative estimate of drug-likeness (QED) is 0.145. The number of rotatable bonds is 11. The zero-order valence-electron chi connectivity index (χ0n) is 25.1. The zero-order chi connectivity index (χ0) is 30.1. The topological polar surface area (TPSA) is 38.3 Å². The fourth-order valence-corrected chi connectivity index (χ4v) is 4.55. The van der Waals surface area contributed by atoms with Gasteiger partial charge in [-0.3, -0.25) is 4.79 Å². The molecule has 210 valence electrons. The van der Waals surface area contributed by atoms with Crippen LogP contribution in [0.1, 0.15) is 79.2 Å². The van der Waals surface area contributed by atoms with Crippen molar-refractivity contribution in [1.29, 1.82) is 0 Å². The molecule has 3 rings (SSSR count). The molecule has 0 radical (unpaired) electrons. The Morgan fingerprint density at radius 3 is 2.12 bits per heavy atom. The molecular weight excluding hydrogens is 514 g/mol. The van der Waals surface area contributed by atoms with Gasteiger partial charge in [-0.2, -0.15) is 0 Å². The molecular formula is C36H42ClNO2. The van der Waals surface area contributed by atoms with Crippen LogP contribution in [-0.4, -0.2) is 12.4 Å². The highest BCUT2D eigenvalue weighted by Crippen LogP contribution is 2.36. The highest BCUT2D eigenvalue weighted by atomic mass is 35.5. The first-order valence-corrected chi connectivity index (χ1v) is 14.0. The molecule has 3 aromatic carbocycles. The smallest absolute Gasteiger partial charge is 0.160 e. The van der Waals surface area contributed by atoms with Gasteiger partial charge in [-0.1, -0.05) is 88.5 Å². The van der Waals surface area contributed by atoms with Crippen LogP contribution >= 0.6 is 11.6 Å². The number of nitrogens with one attached hydrogen (secondary N) is 1. The normalized spacial score (nSPS) is 10.2. The lowest BCUT2D eigenvalue weighted by atomic mass is 9.92. The fourth-order valence-electron chi connectivity index (χ4n) is 4.20. The Morgan fingerprint density at radius 2 is 1.55 bits per heavy atom. The van der Waals surface area contributed by atoms with Crippen molar-refractivity contribution in [1.82, 2.24) is 0 Å². The van der Waals surface area contributed by atoms with E-state index < -0.39 is 0 Å². The van der Waals surface area contributed by atoms with Crippen molar-refractivity contribution >= 4 is 40.1 Å². The monoisotopic (exact) mass is 555 g/mol. The van der Waals surface area contributed by atoms with Crippen molar-refractivity contribution in [3.63, 3.8) is 0 Å². The SMILES string of the molecule is C=C(CC)COC(=C)c1ccc(-c2ccc(C)cc2Cl)cc1NC(=C)c1cc(C(C)=O)c(C)cc1C(=C)C.CC. The van der Waals surface area contributed by atoms with Gasteiger partial charge < -0.3 is 10.1 Å². The Labute approximate surface area is 245 Å². The lowest BCUT2D eigenvalue weighted by molar-refractivity contribution is 0.101. The standard InChI is InChI=1S/C34H36ClNO2.C2H6/c1-10-21(4)19-38-26(9)28-14-12-27(29-13-11-22(5)15-33(29)35)17-34(28)36-24(7)32-18-31(25(8)37)23(6)16-30(32)20(2)3;1-2/h11-18,36H,2,4,7,9-10,19H2,1,3,5-6,8H3;1-2H3. The van der Waals surface area contributed by atoms with Gasteiger partial charge in [0.25, 0.3) is 0 Å². The molecule has 0 saturated heterocycles. The molecule has 0 bridgehead atoms. The number of aryl methyl sites for hydroxylation is 2. The molecule has 0 saturated carbocycles. The number of carbonyl (C=O) groups excluding carboxylic acids is 1. The van der Waals surface area contributed by atoms with Crippen LogP contribution in [-0.2, 0) is 4.74 Å². The molecule has 40 heavy (non-hydrogen) atoms. The number of ketones is 1. The molecule has 0 aromatic heterocycles. The Hall–Kier alpha value is -3.82. The van der Waals surface area contributed by atoms with Gasteiger partial charge >= 0.3 is 0 Å². The van der Waals surface area contributed by atoms with E-state index in [-0.39, 0.29) is 5.78 Å². The number of allylic oxidation sites excluding steroid dienone is 1. The van der Waals surface area contributed by atoms with Crippen molar-refractivity contribution in [3.05, 3.63) is 119 Å². The van der Waals surface area contributed by atoms with Crippen LogP contribution in [0.2, 0.25) is 5.02 Å². The van der Waals surface area contributed by atoms with Gasteiger partial charge in [0.05, 0.1) is 5.69 Å². The summed E-state index contributed by atoms with van der Waals surface area (Å²) in [5.41, 5.74) is 10.3. The minimum atomic E-state index is -0.000513. The van der Waals surface area contributed by atoms with Gasteiger partial charge in [0, 0.05) is 33.0 Å². The Balaban J connectivity index is 0.00000274. The summed E-state index contributed by atoms with van der Waals surface area (Å²) in [7, 11) is 0. The zero-order valence-corrected chi connectivity index (χ0v) is 25.8. The van der Waals surface area contributed by atoms with E-state index in [2.05, 4.69) is 31.6 Å². The van der Waals surface area contributed by atoms with Crippen LogP contribution in [0, 0.1) is 13.8 Å². The van der Waals surface area contributed by atoms with E-state index >= 15 is 0 Å². The molecule has 0 aliphatic rings. The van der Waals surface area contributed by atoms with Crippen LogP contribution in [0.3, 0.4) is 0 Å². The first-order chi connectivity index (χ1) is 18.9. The number of ether oxygens (including phenoxy) is 1. The predicted octanol–water partition coefficient (Wildman–Crippen LogP) is 10.9. The summed E-state index contributed by atoms with van der Waals surface area (Å²) < 4.78 is 5.97. The summed E-state index contributed by atoms with van der Waals surface area (Å²) in [4.78, 5) is 12.3. The summed E-state index contributed by atoms with van der Waals surface area (Å²) in [6.07, 6.45) is 0.829. The fraction of sp³-hybridized carbons (Fsp3) is 0.250. The van der Waals surface area contributed by atoms with Crippen molar-refractivity contribution in [2.45, 2.75) is 54.9 Å². The second kappa shape index (κ2) is 14.5. The maximum absolute atomic E-state index is 12.3. The Morgan fingerprint density at radius 1 is 0.875 bits per heavy atom. The van der Waals surface area contributed by atoms with E-state index in [1.165, 1.54) is 0 Å². The molecule has 4 heteroatoms. The molecule has 0 spiro atoms. The number of benzene rings is 3. The summed E-state index contributed by atoms with van der Waals surface area (Å²) >= 11 is 6.61. The van der Waals surface area contributed by atoms with Crippen LogP contribution < -0.4 is 5.32 Å². The Bertz CT molecular complexity index is 1460. The van der Waals surface area contributed by atoms with Crippen LogP contribution in [0.4, 0.5) is 5.69 Å². The van der Waals surface area contributed by atoms with Crippen molar-refractivity contribution in [2.24, 2.45) is 0 Å². The van der Waals surface area contributed by atoms with E-state index in [1.54, 1.807) is 6.92 Å². The van der Waals surface area contributed by atoms with Gasteiger partial charge in [-0.05, 0) is 86.2 Å². The second-order valence-electron chi connectivity index (χ2n) is 9.71. The maximum Gasteiger partial charge on any atom is 0.160 e. The van der Waals surface area contributed by atoms with E-state index in [0.717, 1.165) is 62.2 Å². The minimum absolute atomic E-state index is 0.000513.